The molecule has 0 bridgehead atoms. The van der Waals surface area contributed by atoms with Gasteiger partial charge < -0.3 is 9.64 Å². The van der Waals surface area contributed by atoms with Gasteiger partial charge in [0.05, 0.1) is 19.0 Å². The molecule has 0 spiro atoms. The maximum absolute atomic E-state index is 12.5. The summed E-state index contributed by atoms with van der Waals surface area (Å²) in [6, 6.07) is 16.4. The van der Waals surface area contributed by atoms with E-state index in [9.17, 15) is 9.59 Å². The average Bonchev–Trinajstić information content (AvgIpc) is 3.17. The Balaban J connectivity index is 1.72. The summed E-state index contributed by atoms with van der Waals surface area (Å²) in [5.41, 5.74) is 6.93. The van der Waals surface area contributed by atoms with Gasteiger partial charge in [-0.1, -0.05) is 24.3 Å². The van der Waals surface area contributed by atoms with Crippen molar-refractivity contribution in [3.05, 3.63) is 72.1 Å². The van der Waals surface area contributed by atoms with Crippen molar-refractivity contribution in [1.29, 1.82) is 0 Å². The maximum Gasteiger partial charge on any atom is 0.294 e. The van der Waals surface area contributed by atoms with Crippen molar-refractivity contribution in [3.63, 3.8) is 0 Å². The summed E-state index contributed by atoms with van der Waals surface area (Å²) in [6.45, 7) is 0. The van der Waals surface area contributed by atoms with Crippen LogP contribution in [-0.4, -0.2) is 42.8 Å². The lowest BCUT2D eigenvalue weighted by atomic mass is 10.2. The molecule has 0 aliphatic carbocycles. The zero-order valence-electron chi connectivity index (χ0n) is 15.8. The van der Waals surface area contributed by atoms with Crippen LogP contribution < -0.4 is 20.5 Å². The molecule has 0 fully saturated rings. The second kappa shape index (κ2) is 8.26. The second-order valence-electron chi connectivity index (χ2n) is 6.18. The molecule has 8 nitrogen and oxygen atoms in total. The number of amides is 2. The highest BCUT2D eigenvalue weighted by Crippen LogP contribution is 2.19. The van der Waals surface area contributed by atoms with Crippen LogP contribution >= 0.6 is 0 Å². The van der Waals surface area contributed by atoms with E-state index in [1.165, 1.54) is 11.8 Å². The van der Waals surface area contributed by atoms with Crippen LogP contribution in [0, 0.1) is 0 Å². The van der Waals surface area contributed by atoms with E-state index < -0.39 is 11.8 Å². The van der Waals surface area contributed by atoms with Gasteiger partial charge in [0.2, 0.25) is 0 Å². The topological polar surface area (TPSA) is 88.5 Å². The molecule has 0 radical (unpaired) electrons. The number of benzene rings is 2. The molecule has 3 rings (SSSR count). The Kier molecular flexibility index (Phi) is 5.59. The third-order valence-electron chi connectivity index (χ3n) is 4.05. The van der Waals surface area contributed by atoms with Gasteiger partial charge in [0.1, 0.15) is 0 Å². The lowest BCUT2D eigenvalue weighted by molar-refractivity contribution is 0.0842. The smallest absolute Gasteiger partial charge is 0.294 e. The Morgan fingerprint density at radius 2 is 1.71 bits per heavy atom. The van der Waals surface area contributed by atoms with Crippen LogP contribution in [0.3, 0.4) is 0 Å². The molecule has 1 heterocycles. The van der Waals surface area contributed by atoms with Gasteiger partial charge in [-0.15, -0.1) is 0 Å². The fraction of sp³-hybridized carbons (Fsp3) is 0.150. The molecule has 0 saturated carbocycles. The predicted molar refractivity (Wildman–Crippen MR) is 106 cm³/mol. The molecule has 1 aromatic heterocycles. The lowest BCUT2D eigenvalue weighted by Crippen LogP contribution is -2.42. The number of nitrogens with one attached hydrogen (secondary N) is 2. The van der Waals surface area contributed by atoms with E-state index in [1.807, 2.05) is 55.4 Å². The fourth-order valence-corrected chi connectivity index (χ4v) is 2.55. The Morgan fingerprint density at radius 1 is 1.00 bits per heavy atom. The van der Waals surface area contributed by atoms with Crippen LogP contribution in [0.1, 0.15) is 20.8 Å². The zero-order valence-corrected chi connectivity index (χ0v) is 15.8. The number of para-hydroxylation sites is 1. The van der Waals surface area contributed by atoms with E-state index in [1.54, 1.807) is 24.4 Å². The van der Waals surface area contributed by atoms with Crippen LogP contribution in [-0.2, 0) is 0 Å². The standard InChI is InChI=1S/C20H21N5O3/c1-24(2)16-11-7-8-14(12-16)19(26)21-22-20(27)18-17(28-3)13-25(23-18)15-9-5-4-6-10-15/h4-13H,1-3H3,(H,21,26)(H,22,27). The van der Waals surface area contributed by atoms with Gasteiger partial charge in [-0.05, 0) is 30.3 Å². The number of aromatic nitrogens is 2. The summed E-state index contributed by atoms with van der Waals surface area (Å²) in [6.07, 6.45) is 1.60. The van der Waals surface area contributed by atoms with E-state index in [0.717, 1.165) is 11.4 Å². The van der Waals surface area contributed by atoms with Crippen LogP contribution in [0.15, 0.2) is 60.8 Å². The molecule has 0 aliphatic heterocycles. The molecule has 0 aliphatic rings. The minimum Gasteiger partial charge on any atom is -0.493 e. The van der Waals surface area contributed by atoms with Gasteiger partial charge in [-0.3, -0.25) is 20.4 Å². The number of carbonyl (C=O) groups excluding carboxylic acids is 2. The SMILES string of the molecule is COc1cn(-c2ccccc2)nc1C(=O)NNC(=O)c1cccc(N(C)C)c1. The number of hydrogen-bond donors (Lipinski definition) is 2. The average molecular weight is 379 g/mol. The summed E-state index contributed by atoms with van der Waals surface area (Å²) < 4.78 is 6.78. The normalized spacial score (nSPS) is 10.2. The van der Waals surface area contributed by atoms with Gasteiger partial charge in [0.25, 0.3) is 11.8 Å². The second-order valence-corrected chi connectivity index (χ2v) is 6.18. The number of rotatable bonds is 5. The molecule has 8 heteroatoms. The number of ether oxygens (including phenoxy) is 1. The molecular weight excluding hydrogens is 358 g/mol. The Bertz CT molecular complexity index is 983. The van der Waals surface area contributed by atoms with Crippen LogP contribution in [0.5, 0.6) is 5.75 Å². The van der Waals surface area contributed by atoms with Crippen LogP contribution in [0.25, 0.3) is 5.69 Å². The van der Waals surface area contributed by atoms with Gasteiger partial charge in [0, 0.05) is 25.3 Å². The number of hydrogen-bond acceptors (Lipinski definition) is 5. The van der Waals surface area contributed by atoms with Gasteiger partial charge in [0.15, 0.2) is 11.4 Å². The summed E-state index contributed by atoms with van der Waals surface area (Å²) in [5, 5.41) is 4.26. The van der Waals surface area contributed by atoms with Crippen molar-refractivity contribution >= 4 is 17.5 Å². The first kappa shape index (κ1) is 19.0. The van der Waals surface area contributed by atoms with Gasteiger partial charge in [-0.25, -0.2) is 4.68 Å². The number of hydrazine groups is 1. The maximum atomic E-state index is 12.5. The van der Waals surface area contributed by atoms with Crippen molar-refractivity contribution in [3.8, 4) is 11.4 Å². The third-order valence-corrected chi connectivity index (χ3v) is 4.05. The molecule has 28 heavy (non-hydrogen) atoms. The first-order valence-electron chi connectivity index (χ1n) is 8.56. The van der Waals surface area contributed by atoms with E-state index in [4.69, 9.17) is 4.74 Å². The van der Waals surface area contributed by atoms with Crippen molar-refractivity contribution in [2.75, 3.05) is 26.1 Å². The fourth-order valence-electron chi connectivity index (χ4n) is 2.55. The summed E-state index contributed by atoms with van der Waals surface area (Å²) in [4.78, 5) is 26.7. The molecule has 0 unspecified atom stereocenters. The number of carbonyl (C=O) groups is 2. The third kappa shape index (κ3) is 4.12. The molecule has 2 N–H and O–H groups in total. The minimum atomic E-state index is -0.580. The summed E-state index contributed by atoms with van der Waals surface area (Å²) in [7, 11) is 5.22. The Labute approximate surface area is 162 Å². The molecule has 0 saturated heterocycles. The van der Waals surface area contributed by atoms with E-state index in [2.05, 4.69) is 16.0 Å². The molecule has 2 amide bonds. The van der Waals surface area contributed by atoms with E-state index in [-0.39, 0.29) is 5.69 Å². The molecule has 0 atom stereocenters. The van der Waals surface area contributed by atoms with Gasteiger partial charge in [-0.2, -0.15) is 5.10 Å². The highest BCUT2D eigenvalue weighted by Gasteiger charge is 2.19. The highest BCUT2D eigenvalue weighted by molar-refractivity contribution is 5.99. The van der Waals surface area contributed by atoms with Crippen LogP contribution in [0.4, 0.5) is 5.69 Å². The molecular formula is C20H21N5O3. The lowest BCUT2D eigenvalue weighted by Gasteiger charge is -2.13. The van der Waals surface area contributed by atoms with Crippen LogP contribution in [0.2, 0.25) is 0 Å². The quantitative estimate of drug-likeness (QED) is 0.662. The Hall–Kier alpha value is -3.81. The van der Waals surface area contributed by atoms with Crippen molar-refractivity contribution in [2.45, 2.75) is 0 Å². The monoisotopic (exact) mass is 379 g/mol. The van der Waals surface area contributed by atoms with Gasteiger partial charge >= 0.3 is 0 Å². The van der Waals surface area contributed by atoms with Crippen molar-refractivity contribution < 1.29 is 14.3 Å². The van der Waals surface area contributed by atoms with E-state index in [0.29, 0.717) is 11.3 Å². The van der Waals surface area contributed by atoms with Crippen molar-refractivity contribution in [1.82, 2.24) is 20.6 Å². The number of methoxy groups -OCH3 is 1. The summed E-state index contributed by atoms with van der Waals surface area (Å²) >= 11 is 0. The highest BCUT2D eigenvalue weighted by atomic mass is 16.5. The largest absolute Gasteiger partial charge is 0.493 e. The van der Waals surface area contributed by atoms with E-state index >= 15 is 0 Å². The Morgan fingerprint density at radius 3 is 2.39 bits per heavy atom. The minimum absolute atomic E-state index is 0.0636. The first-order valence-corrected chi connectivity index (χ1v) is 8.56. The molecule has 3 aromatic rings. The van der Waals surface area contributed by atoms with Crippen molar-refractivity contribution in [2.24, 2.45) is 0 Å². The molecule has 144 valence electrons. The number of nitrogens with zero attached hydrogens (tertiary/aromatic N) is 3. The first-order chi connectivity index (χ1) is 13.5. The number of anilines is 1. The molecule has 2 aromatic carbocycles. The predicted octanol–water partition coefficient (Wildman–Crippen LogP) is 2.02. The zero-order chi connectivity index (χ0) is 20.1. The summed E-state index contributed by atoms with van der Waals surface area (Å²) in [5.74, 6) is -0.715.